The van der Waals surface area contributed by atoms with Gasteiger partial charge in [-0.25, -0.2) is 9.78 Å². The number of carbonyl (C=O) groups is 4. The van der Waals surface area contributed by atoms with Crippen LogP contribution >= 0.6 is 11.3 Å². The fraction of sp³-hybridized carbons (Fsp3) is 0.618. The summed E-state index contributed by atoms with van der Waals surface area (Å²) in [5.41, 5.74) is 0.908. The molecule has 250 valence electrons. The molecule has 10 nitrogen and oxygen atoms in total. The molecule has 45 heavy (non-hydrogen) atoms. The summed E-state index contributed by atoms with van der Waals surface area (Å²) >= 11 is 1.26. The van der Waals surface area contributed by atoms with Crippen molar-refractivity contribution in [3.8, 4) is 0 Å². The Bertz CT molecular complexity index is 1250. The summed E-state index contributed by atoms with van der Waals surface area (Å²) < 4.78 is 5.83. The van der Waals surface area contributed by atoms with E-state index in [9.17, 15) is 24.3 Å². The summed E-state index contributed by atoms with van der Waals surface area (Å²) in [5.74, 6) is -1.97. The number of carbonyl (C=O) groups excluding carboxylic acids is 3. The second kappa shape index (κ2) is 18.1. The molecule has 1 aromatic heterocycles. The van der Waals surface area contributed by atoms with Crippen LogP contribution in [0.25, 0.3) is 0 Å². The molecular weight excluding hydrogens is 592 g/mol. The van der Waals surface area contributed by atoms with Crippen molar-refractivity contribution in [2.45, 2.75) is 91.5 Å². The fourth-order valence-corrected chi connectivity index (χ4v) is 6.56. The minimum absolute atomic E-state index is 0.0242. The third-order valence-corrected chi connectivity index (χ3v) is 9.60. The number of Topliss-reactive ketones (excluding diaryl/α,β-unsaturated/α-hetero) is 1. The molecule has 0 saturated carbocycles. The SMILES string of the molecule is CCC(C)[C@H](CC(=O)[C@@H](NC)C(C)C)C(=O)N(C)[C@H](CC(OC)c1nc(C(=O)N[C@@H](Cc2ccccc2)C(=O)O)cs1)C(C)C. The van der Waals surface area contributed by atoms with Gasteiger partial charge < -0.3 is 25.4 Å². The summed E-state index contributed by atoms with van der Waals surface area (Å²) in [6.07, 6.45) is 1.02. The second-order valence-corrected chi connectivity index (χ2v) is 13.4. The van der Waals surface area contributed by atoms with Crippen molar-refractivity contribution >= 4 is 34.9 Å². The van der Waals surface area contributed by atoms with Crippen LogP contribution in [0.1, 0.15) is 88.0 Å². The first kappa shape index (κ1) is 38.0. The number of nitrogens with one attached hydrogen (secondary N) is 2. The van der Waals surface area contributed by atoms with Crippen molar-refractivity contribution in [1.29, 1.82) is 0 Å². The number of nitrogens with zero attached hydrogens (tertiary/aromatic N) is 2. The largest absolute Gasteiger partial charge is 0.480 e. The van der Waals surface area contributed by atoms with Gasteiger partial charge in [0.25, 0.3) is 5.91 Å². The van der Waals surface area contributed by atoms with Crippen molar-refractivity contribution in [2.75, 3.05) is 21.2 Å². The standard InChI is InChI=1S/C34H52N4O6S/c1-10-22(6)24(17-28(39)30(35-7)21(4)5)33(41)38(8)27(20(2)3)18-29(44-9)32-37-26(19-45-32)31(40)36-25(34(42)43)16-23-14-12-11-13-15-23/h11-15,19-22,24-25,27,29-30,35H,10,16-18H2,1-9H3,(H,36,40)(H,42,43)/t22?,24-,25-,27+,29?,30-/m0/s1. The molecule has 3 N–H and O–H groups in total. The molecule has 0 radical (unpaired) electrons. The molecule has 0 aliphatic rings. The monoisotopic (exact) mass is 644 g/mol. The highest BCUT2D eigenvalue weighted by Crippen LogP contribution is 2.32. The zero-order valence-corrected chi connectivity index (χ0v) is 29.0. The van der Waals surface area contributed by atoms with E-state index in [0.29, 0.717) is 11.4 Å². The number of carboxylic acids is 1. The maximum absolute atomic E-state index is 14.0. The normalized spacial score (nSPS) is 15.6. The van der Waals surface area contributed by atoms with Crippen molar-refractivity contribution in [3.05, 3.63) is 52.0 Å². The molecule has 1 aromatic carbocycles. The number of hydrogen-bond donors (Lipinski definition) is 3. The van der Waals surface area contributed by atoms with E-state index in [-0.39, 0.29) is 60.1 Å². The number of ether oxygens (including phenoxy) is 1. The Morgan fingerprint density at radius 2 is 1.69 bits per heavy atom. The van der Waals surface area contributed by atoms with E-state index in [1.807, 2.05) is 71.9 Å². The zero-order chi connectivity index (χ0) is 33.8. The summed E-state index contributed by atoms with van der Waals surface area (Å²) in [5, 5.41) is 17.6. The molecule has 6 atom stereocenters. The molecule has 0 aliphatic carbocycles. The highest BCUT2D eigenvalue weighted by atomic mass is 32.1. The Labute approximate surface area is 272 Å². The molecule has 1 heterocycles. The van der Waals surface area contributed by atoms with Crippen LogP contribution in [0.3, 0.4) is 0 Å². The van der Waals surface area contributed by atoms with Gasteiger partial charge in [0, 0.05) is 50.8 Å². The number of rotatable bonds is 19. The average molecular weight is 645 g/mol. The molecule has 0 bridgehead atoms. The van der Waals surface area contributed by atoms with Gasteiger partial charge in [-0.05, 0) is 30.4 Å². The number of aliphatic carboxylic acids is 1. The van der Waals surface area contributed by atoms with Gasteiger partial charge in [-0.1, -0.05) is 78.3 Å². The molecule has 0 aliphatic heterocycles. The topological polar surface area (TPSA) is 138 Å². The fourth-order valence-electron chi connectivity index (χ4n) is 5.67. The lowest BCUT2D eigenvalue weighted by Crippen LogP contribution is -2.47. The molecule has 2 rings (SSSR count). The second-order valence-electron chi connectivity index (χ2n) is 12.5. The zero-order valence-electron chi connectivity index (χ0n) is 28.2. The number of methoxy groups -OCH3 is 1. The van der Waals surface area contributed by atoms with Crippen LogP contribution in [0.5, 0.6) is 0 Å². The molecule has 2 aromatic rings. The third-order valence-electron chi connectivity index (χ3n) is 8.66. The van der Waals surface area contributed by atoms with Gasteiger partial charge in [0.1, 0.15) is 22.8 Å². The van der Waals surface area contributed by atoms with Gasteiger partial charge in [0.05, 0.1) is 6.04 Å². The predicted octanol–water partition coefficient (Wildman–Crippen LogP) is 4.99. The smallest absolute Gasteiger partial charge is 0.326 e. The number of carboxylic acid groups (broad SMARTS) is 1. The number of likely N-dealkylation sites (N-methyl/N-ethyl adjacent to an activating group) is 1. The Hall–Kier alpha value is -3.15. The Balaban J connectivity index is 2.21. The van der Waals surface area contributed by atoms with E-state index in [1.54, 1.807) is 31.5 Å². The molecular formula is C34H52N4O6S. The summed E-state index contributed by atoms with van der Waals surface area (Å²) in [7, 11) is 5.13. The summed E-state index contributed by atoms with van der Waals surface area (Å²) in [6.45, 7) is 12.1. The van der Waals surface area contributed by atoms with Crippen molar-refractivity contribution in [1.82, 2.24) is 20.5 Å². The van der Waals surface area contributed by atoms with E-state index in [1.165, 1.54) is 11.3 Å². The van der Waals surface area contributed by atoms with Gasteiger partial charge in [0.2, 0.25) is 5.91 Å². The maximum atomic E-state index is 14.0. The number of aromatic nitrogens is 1. The van der Waals surface area contributed by atoms with Gasteiger partial charge in [-0.3, -0.25) is 14.4 Å². The van der Waals surface area contributed by atoms with E-state index in [4.69, 9.17) is 4.74 Å². The quantitative estimate of drug-likeness (QED) is 0.194. The van der Waals surface area contributed by atoms with Crippen LogP contribution in [0, 0.1) is 23.7 Å². The van der Waals surface area contributed by atoms with Crippen LogP contribution < -0.4 is 10.6 Å². The highest BCUT2D eigenvalue weighted by Gasteiger charge is 2.36. The summed E-state index contributed by atoms with van der Waals surface area (Å²) in [6, 6.07) is 7.46. The third kappa shape index (κ3) is 10.7. The number of ketones is 1. The lowest BCUT2D eigenvalue weighted by atomic mass is 9.82. The number of benzene rings is 1. The molecule has 2 amide bonds. The predicted molar refractivity (Wildman–Crippen MR) is 177 cm³/mol. The first-order valence-corrected chi connectivity index (χ1v) is 16.7. The van der Waals surface area contributed by atoms with Crippen LogP contribution in [0.2, 0.25) is 0 Å². The maximum Gasteiger partial charge on any atom is 0.326 e. The molecule has 11 heteroatoms. The van der Waals surface area contributed by atoms with Gasteiger partial charge in [0.15, 0.2) is 5.78 Å². The summed E-state index contributed by atoms with van der Waals surface area (Å²) in [4.78, 5) is 58.4. The van der Waals surface area contributed by atoms with E-state index in [2.05, 4.69) is 15.6 Å². The number of thiazole rings is 1. The van der Waals surface area contributed by atoms with Gasteiger partial charge >= 0.3 is 5.97 Å². The van der Waals surface area contributed by atoms with Crippen LogP contribution in [0.15, 0.2) is 35.7 Å². The van der Waals surface area contributed by atoms with Gasteiger partial charge in [-0.15, -0.1) is 11.3 Å². The van der Waals surface area contributed by atoms with Crippen molar-refractivity contribution < 1.29 is 29.0 Å². The van der Waals surface area contributed by atoms with Gasteiger partial charge in [-0.2, -0.15) is 0 Å². The molecule has 0 spiro atoms. The Morgan fingerprint density at radius 3 is 2.20 bits per heavy atom. The lowest BCUT2D eigenvalue weighted by Gasteiger charge is -2.37. The lowest BCUT2D eigenvalue weighted by molar-refractivity contribution is -0.142. The highest BCUT2D eigenvalue weighted by molar-refractivity contribution is 7.09. The minimum Gasteiger partial charge on any atom is -0.480 e. The van der Waals surface area contributed by atoms with Crippen LogP contribution in [0.4, 0.5) is 0 Å². The average Bonchev–Trinajstić information content (AvgIpc) is 3.50. The Morgan fingerprint density at radius 1 is 1.04 bits per heavy atom. The first-order chi connectivity index (χ1) is 21.2. The molecule has 0 fully saturated rings. The van der Waals surface area contributed by atoms with E-state index in [0.717, 1.165) is 12.0 Å². The van der Waals surface area contributed by atoms with E-state index >= 15 is 0 Å². The molecule has 2 unspecified atom stereocenters. The first-order valence-electron chi connectivity index (χ1n) is 15.8. The number of amides is 2. The molecule has 0 saturated heterocycles. The minimum atomic E-state index is -1.13. The van der Waals surface area contributed by atoms with Crippen molar-refractivity contribution in [3.63, 3.8) is 0 Å². The van der Waals surface area contributed by atoms with Crippen LogP contribution in [-0.4, -0.2) is 77.9 Å². The van der Waals surface area contributed by atoms with Crippen molar-refractivity contribution in [2.24, 2.45) is 23.7 Å². The van der Waals surface area contributed by atoms with Crippen LogP contribution in [-0.2, 0) is 25.5 Å². The Kier molecular flexibility index (Phi) is 15.3. The number of hydrogen-bond acceptors (Lipinski definition) is 8. The van der Waals surface area contributed by atoms with E-state index < -0.39 is 29.9 Å².